The number of nitrogens with one attached hydrogen (secondary N) is 2. The number of rotatable bonds is 5. The molecule has 2 heterocycles. The summed E-state index contributed by atoms with van der Waals surface area (Å²) in [5.41, 5.74) is 1.53. The first-order valence-electron chi connectivity index (χ1n) is 9.56. The lowest BCUT2D eigenvalue weighted by molar-refractivity contribution is -0.140. The van der Waals surface area contributed by atoms with Gasteiger partial charge in [0.15, 0.2) is 0 Å². The van der Waals surface area contributed by atoms with E-state index in [0.717, 1.165) is 10.9 Å². The van der Waals surface area contributed by atoms with Crippen LogP contribution in [-0.4, -0.2) is 70.0 Å². The van der Waals surface area contributed by atoms with Gasteiger partial charge in [0.2, 0.25) is 0 Å². The maximum Gasteiger partial charge on any atom is 0.326 e. The van der Waals surface area contributed by atoms with Gasteiger partial charge in [-0.15, -0.1) is 0 Å². The second-order valence-electron chi connectivity index (χ2n) is 7.18. The van der Waals surface area contributed by atoms with Crippen molar-refractivity contribution in [2.75, 3.05) is 26.2 Å². The van der Waals surface area contributed by atoms with Crippen LogP contribution in [0.4, 0.5) is 4.79 Å². The van der Waals surface area contributed by atoms with Crippen LogP contribution in [0.25, 0.3) is 10.9 Å². The van der Waals surface area contributed by atoms with Gasteiger partial charge in [-0.25, -0.2) is 9.59 Å². The molecule has 28 heavy (non-hydrogen) atoms. The Labute approximate surface area is 163 Å². The minimum Gasteiger partial charge on any atom is -0.480 e. The lowest BCUT2D eigenvalue weighted by Gasteiger charge is -2.35. The fraction of sp³-hybridized carbons (Fsp3) is 0.450. The maximum atomic E-state index is 12.9. The normalized spacial score (nSPS) is 16.6. The number of urea groups is 1. The van der Waals surface area contributed by atoms with Gasteiger partial charge >= 0.3 is 12.0 Å². The number of amides is 3. The highest BCUT2D eigenvalue weighted by Crippen LogP contribution is 2.20. The van der Waals surface area contributed by atoms with Crippen LogP contribution >= 0.6 is 0 Å². The molecule has 0 bridgehead atoms. The molecule has 0 aliphatic carbocycles. The molecule has 3 rings (SSSR count). The third-order valence-corrected chi connectivity index (χ3v) is 5.43. The Morgan fingerprint density at radius 2 is 1.79 bits per heavy atom. The molecule has 8 heteroatoms. The van der Waals surface area contributed by atoms with E-state index >= 15 is 0 Å². The van der Waals surface area contributed by atoms with Gasteiger partial charge < -0.3 is 25.2 Å². The number of carbonyl (C=O) groups excluding carboxylic acids is 2. The van der Waals surface area contributed by atoms with Crippen LogP contribution in [0, 0.1) is 5.92 Å². The molecule has 0 radical (unpaired) electrons. The van der Waals surface area contributed by atoms with E-state index in [9.17, 15) is 19.5 Å². The number of carboxylic acids is 1. The molecular weight excluding hydrogens is 360 g/mol. The minimum absolute atomic E-state index is 0.0690. The smallest absolute Gasteiger partial charge is 0.326 e. The van der Waals surface area contributed by atoms with Crippen LogP contribution in [0.2, 0.25) is 0 Å². The van der Waals surface area contributed by atoms with Crippen molar-refractivity contribution in [3.05, 3.63) is 36.0 Å². The molecule has 1 fully saturated rings. The Bertz CT molecular complexity index is 870. The number of fused-ring (bicyclic) bond motifs is 1. The zero-order valence-electron chi connectivity index (χ0n) is 16.1. The van der Waals surface area contributed by atoms with Crippen molar-refractivity contribution in [1.82, 2.24) is 20.1 Å². The SMILES string of the molecule is CC[C@H](C)[C@H](NC(=O)N1CCN(C(=O)c2c[nH]c3ccccc23)CC1)C(=O)O. The molecule has 2 aromatic rings. The van der Waals surface area contributed by atoms with E-state index in [0.29, 0.717) is 38.2 Å². The Morgan fingerprint density at radius 1 is 1.14 bits per heavy atom. The minimum atomic E-state index is -1.03. The molecule has 3 N–H and O–H groups in total. The largest absolute Gasteiger partial charge is 0.480 e. The summed E-state index contributed by atoms with van der Waals surface area (Å²) in [4.78, 5) is 43.1. The number of aromatic nitrogens is 1. The summed E-state index contributed by atoms with van der Waals surface area (Å²) in [6, 6.07) is 6.32. The van der Waals surface area contributed by atoms with Gasteiger partial charge in [-0.2, -0.15) is 0 Å². The van der Waals surface area contributed by atoms with Gasteiger partial charge in [-0.05, 0) is 12.0 Å². The Morgan fingerprint density at radius 3 is 2.43 bits per heavy atom. The number of hydrogen-bond acceptors (Lipinski definition) is 3. The molecule has 1 aliphatic rings. The van der Waals surface area contributed by atoms with E-state index in [4.69, 9.17) is 0 Å². The molecular formula is C20H26N4O4. The third kappa shape index (κ3) is 3.95. The van der Waals surface area contributed by atoms with Gasteiger partial charge in [0.1, 0.15) is 6.04 Å². The van der Waals surface area contributed by atoms with Crippen molar-refractivity contribution in [2.45, 2.75) is 26.3 Å². The molecule has 150 valence electrons. The fourth-order valence-corrected chi connectivity index (χ4v) is 3.44. The molecule has 1 aromatic heterocycles. The number of aliphatic carboxylic acids is 1. The van der Waals surface area contributed by atoms with E-state index in [-0.39, 0.29) is 11.8 Å². The van der Waals surface area contributed by atoms with Gasteiger partial charge in [0.05, 0.1) is 5.56 Å². The highest BCUT2D eigenvalue weighted by Gasteiger charge is 2.30. The molecule has 8 nitrogen and oxygen atoms in total. The van der Waals surface area contributed by atoms with Gasteiger partial charge in [0, 0.05) is 43.3 Å². The molecule has 1 aliphatic heterocycles. The maximum absolute atomic E-state index is 12.9. The first-order chi connectivity index (χ1) is 13.4. The number of H-pyrrole nitrogens is 1. The Kier molecular flexibility index (Phi) is 5.87. The van der Waals surface area contributed by atoms with Crippen LogP contribution in [0.1, 0.15) is 30.6 Å². The number of piperazine rings is 1. The first kappa shape index (κ1) is 19.7. The van der Waals surface area contributed by atoms with Crippen LogP contribution in [0.5, 0.6) is 0 Å². The van der Waals surface area contributed by atoms with Crippen molar-refractivity contribution in [3.63, 3.8) is 0 Å². The topological polar surface area (TPSA) is 106 Å². The van der Waals surface area contributed by atoms with Crippen LogP contribution in [-0.2, 0) is 4.79 Å². The highest BCUT2D eigenvalue weighted by atomic mass is 16.4. The fourth-order valence-electron chi connectivity index (χ4n) is 3.44. The van der Waals surface area contributed by atoms with E-state index < -0.39 is 18.0 Å². The van der Waals surface area contributed by atoms with Gasteiger partial charge in [-0.3, -0.25) is 4.79 Å². The second-order valence-corrected chi connectivity index (χ2v) is 7.18. The number of carboxylic acid groups (broad SMARTS) is 1. The van der Waals surface area contributed by atoms with Crippen LogP contribution in [0.3, 0.4) is 0 Å². The van der Waals surface area contributed by atoms with Gasteiger partial charge in [0.25, 0.3) is 5.91 Å². The first-order valence-corrected chi connectivity index (χ1v) is 9.56. The third-order valence-electron chi connectivity index (χ3n) is 5.43. The summed E-state index contributed by atoms with van der Waals surface area (Å²) in [5.74, 6) is -1.26. The standard InChI is InChI=1S/C20H26N4O4/c1-3-13(2)17(19(26)27)22-20(28)24-10-8-23(9-11-24)18(25)15-12-21-16-7-5-4-6-14(15)16/h4-7,12-13,17,21H,3,8-11H2,1-2H3,(H,22,28)(H,26,27)/t13-,17-/m0/s1. The monoisotopic (exact) mass is 386 g/mol. The number of carbonyl (C=O) groups is 3. The second kappa shape index (κ2) is 8.33. The summed E-state index contributed by atoms with van der Waals surface area (Å²) in [5, 5.41) is 12.8. The zero-order chi connectivity index (χ0) is 20.3. The molecule has 3 amide bonds. The average molecular weight is 386 g/mol. The van der Waals surface area contributed by atoms with E-state index in [1.54, 1.807) is 22.9 Å². The predicted octanol–water partition coefficient (Wildman–Crippen LogP) is 2.13. The number of aromatic amines is 1. The van der Waals surface area contributed by atoms with Crippen molar-refractivity contribution < 1.29 is 19.5 Å². The summed E-state index contributed by atoms with van der Waals surface area (Å²) in [6.45, 7) is 5.25. The molecule has 0 saturated carbocycles. The van der Waals surface area contributed by atoms with Crippen molar-refractivity contribution >= 4 is 28.8 Å². The number of hydrogen-bond donors (Lipinski definition) is 3. The van der Waals surface area contributed by atoms with Crippen LogP contribution in [0.15, 0.2) is 30.5 Å². The van der Waals surface area contributed by atoms with E-state index in [1.165, 1.54) is 0 Å². The summed E-state index contributed by atoms with van der Waals surface area (Å²) < 4.78 is 0. The van der Waals surface area contributed by atoms with Crippen molar-refractivity contribution in [3.8, 4) is 0 Å². The van der Waals surface area contributed by atoms with Crippen molar-refractivity contribution in [1.29, 1.82) is 0 Å². The lowest BCUT2D eigenvalue weighted by Crippen LogP contribution is -2.56. The zero-order valence-corrected chi connectivity index (χ0v) is 16.1. The number of nitrogens with zero attached hydrogens (tertiary/aromatic N) is 2. The van der Waals surface area contributed by atoms with Crippen molar-refractivity contribution in [2.24, 2.45) is 5.92 Å². The van der Waals surface area contributed by atoms with E-state index in [1.807, 2.05) is 31.2 Å². The molecule has 0 spiro atoms. The lowest BCUT2D eigenvalue weighted by atomic mass is 9.99. The Balaban J connectivity index is 1.60. The average Bonchev–Trinajstić information content (AvgIpc) is 3.14. The Hall–Kier alpha value is -3.03. The molecule has 2 atom stereocenters. The molecule has 1 saturated heterocycles. The summed E-state index contributed by atoms with van der Waals surface area (Å²) >= 11 is 0. The summed E-state index contributed by atoms with van der Waals surface area (Å²) in [7, 11) is 0. The predicted molar refractivity (Wildman–Crippen MR) is 105 cm³/mol. The quantitative estimate of drug-likeness (QED) is 0.732. The van der Waals surface area contributed by atoms with E-state index in [2.05, 4.69) is 10.3 Å². The molecule has 1 aromatic carbocycles. The highest BCUT2D eigenvalue weighted by molar-refractivity contribution is 6.06. The summed E-state index contributed by atoms with van der Waals surface area (Å²) in [6.07, 6.45) is 2.37. The number of para-hydroxylation sites is 1. The van der Waals surface area contributed by atoms with Crippen LogP contribution < -0.4 is 5.32 Å². The van der Waals surface area contributed by atoms with Gasteiger partial charge in [-0.1, -0.05) is 38.5 Å². The number of benzene rings is 1. The molecule has 0 unspecified atom stereocenters.